The molecule has 0 unspecified atom stereocenters. The lowest BCUT2D eigenvalue weighted by atomic mass is 9.96. The summed E-state index contributed by atoms with van der Waals surface area (Å²) in [5.74, 6) is 1.83. The first-order chi connectivity index (χ1) is 7.30. The van der Waals surface area contributed by atoms with E-state index >= 15 is 0 Å². The van der Waals surface area contributed by atoms with E-state index in [4.69, 9.17) is 0 Å². The first-order valence-electron chi connectivity index (χ1n) is 5.54. The molecule has 0 amide bonds. The summed E-state index contributed by atoms with van der Waals surface area (Å²) in [7, 11) is 2.03. The van der Waals surface area contributed by atoms with Crippen molar-refractivity contribution in [3.8, 4) is 0 Å². The average molecular weight is 219 g/mol. The molecule has 0 aromatic carbocycles. The molecule has 0 N–H and O–H groups in total. The molecule has 0 spiro atoms. The van der Waals surface area contributed by atoms with Gasteiger partial charge in [-0.15, -0.1) is 4.52 Å². The van der Waals surface area contributed by atoms with Gasteiger partial charge in [0.05, 0.1) is 11.1 Å². The number of nitrogens with zero attached hydrogens (tertiary/aromatic N) is 4. The van der Waals surface area contributed by atoms with Crippen LogP contribution in [0, 0.1) is 13.8 Å². The van der Waals surface area contributed by atoms with Gasteiger partial charge in [-0.25, -0.2) is 0 Å². The van der Waals surface area contributed by atoms with Crippen LogP contribution in [0.3, 0.4) is 0 Å². The highest BCUT2D eigenvalue weighted by atomic mass is 15.4. The van der Waals surface area contributed by atoms with Crippen molar-refractivity contribution in [1.29, 1.82) is 0 Å². The van der Waals surface area contributed by atoms with Gasteiger partial charge in [0.1, 0.15) is 7.05 Å². The van der Waals surface area contributed by atoms with Gasteiger partial charge in [-0.1, -0.05) is 0 Å². The molecule has 2 aromatic heterocycles. The lowest BCUT2D eigenvalue weighted by Crippen LogP contribution is -2.43. The zero-order valence-electron chi connectivity index (χ0n) is 10.9. The third-order valence-electron chi connectivity index (χ3n) is 2.70. The highest BCUT2D eigenvalue weighted by Gasteiger charge is 2.31. The molecule has 4 heteroatoms. The Labute approximate surface area is 95.9 Å². The molecule has 0 radical (unpaired) electrons. The van der Waals surface area contributed by atoms with Crippen LogP contribution in [0.15, 0.2) is 6.07 Å². The number of aryl methyl sites for hydroxylation is 3. The molecule has 0 fully saturated rings. The van der Waals surface area contributed by atoms with Gasteiger partial charge in [-0.2, -0.15) is 9.67 Å². The Hall–Kier alpha value is -1.45. The highest BCUT2D eigenvalue weighted by Crippen LogP contribution is 2.17. The summed E-state index contributed by atoms with van der Waals surface area (Å²) >= 11 is 0. The van der Waals surface area contributed by atoms with E-state index < -0.39 is 0 Å². The fourth-order valence-electron chi connectivity index (χ4n) is 2.12. The molecule has 0 saturated carbocycles. The third kappa shape index (κ3) is 1.58. The predicted octanol–water partition coefficient (Wildman–Crippen LogP) is 1.47. The van der Waals surface area contributed by atoms with Crippen LogP contribution in [0.2, 0.25) is 0 Å². The van der Waals surface area contributed by atoms with Gasteiger partial charge in [-0.05, 0) is 40.7 Å². The Balaban J connectivity index is 2.83. The molecule has 2 heterocycles. The molecule has 0 aliphatic heterocycles. The quantitative estimate of drug-likeness (QED) is 0.629. The van der Waals surface area contributed by atoms with Gasteiger partial charge >= 0.3 is 11.6 Å². The average Bonchev–Trinajstić information content (AvgIpc) is 2.41. The summed E-state index contributed by atoms with van der Waals surface area (Å²) in [6.07, 6.45) is 0. The lowest BCUT2D eigenvalue weighted by molar-refractivity contribution is -0.749. The maximum absolute atomic E-state index is 4.62. The van der Waals surface area contributed by atoms with Gasteiger partial charge < -0.3 is 0 Å². The number of rotatable bonds is 0. The fourth-order valence-corrected chi connectivity index (χ4v) is 2.12. The van der Waals surface area contributed by atoms with E-state index in [-0.39, 0.29) is 5.41 Å². The first-order valence-corrected chi connectivity index (χ1v) is 5.54. The number of fused-ring (bicyclic) bond motifs is 1. The van der Waals surface area contributed by atoms with E-state index in [9.17, 15) is 0 Å². The van der Waals surface area contributed by atoms with Gasteiger partial charge in [0.25, 0.3) is 0 Å². The van der Waals surface area contributed by atoms with Crippen molar-refractivity contribution < 1.29 is 4.68 Å². The van der Waals surface area contributed by atoms with E-state index in [1.165, 1.54) is 0 Å². The van der Waals surface area contributed by atoms with Crippen molar-refractivity contribution in [3.63, 3.8) is 0 Å². The topological polar surface area (TPSA) is 34.1 Å². The van der Waals surface area contributed by atoms with E-state index in [2.05, 4.69) is 48.4 Å². The van der Waals surface area contributed by atoms with Crippen molar-refractivity contribution in [2.24, 2.45) is 7.05 Å². The minimum Gasteiger partial charge on any atom is -0.192 e. The molecule has 2 aromatic rings. The van der Waals surface area contributed by atoms with Crippen molar-refractivity contribution >= 4 is 5.78 Å². The molecule has 16 heavy (non-hydrogen) atoms. The van der Waals surface area contributed by atoms with Crippen LogP contribution < -0.4 is 4.68 Å². The number of hydrogen-bond acceptors (Lipinski definition) is 2. The van der Waals surface area contributed by atoms with Gasteiger partial charge in [0, 0.05) is 10.7 Å². The van der Waals surface area contributed by atoms with Crippen LogP contribution in [-0.4, -0.2) is 14.5 Å². The minimum absolute atomic E-state index is 0.0306. The standard InChI is InChI=1S/C12H19N4/c1-8-7-9(2)16-11(13-8)14-10(15(16)6)12(3,4)5/h7H,1-6H3/q+1. The second-order valence-electron chi connectivity index (χ2n) is 5.36. The van der Waals surface area contributed by atoms with Gasteiger partial charge in [0.2, 0.25) is 0 Å². The lowest BCUT2D eigenvalue weighted by Gasteiger charge is -2.09. The molecular weight excluding hydrogens is 200 g/mol. The summed E-state index contributed by atoms with van der Waals surface area (Å²) < 4.78 is 4.13. The van der Waals surface area contributed by atoms with E-state index in [0.29, 0.717) is 0 Å². The van der Waals surface area contributed by atoms with Crippen LogP contribution in [0.25, 0.3) is 5.78 Å². The monoisotopic (exact) mass is 219 g/mol. The van der Waals surface area contributed by atoms with E-state index in [0.717, 1.165) is 23.0 Å². The van der Waals surface area contributed by atoms with Crippen LogP contribution in [0.4, 0.5) is 0 Å². The Morgan fingerprint density at radius 3 is 2.38 bits per heavy atom. The molecule has 2 rings (SSSR count). The zero-order chi connectivity index (χ0) is 12.1. The van der Waals surface area contributed by atoms with Crippen molar-refractivity contribution in [2.45, 2.75) is 40.0 Å². The molecule has 0 aliphatic carbocycles. The Morgan fingerprint density at radius 1 is 1.19 bits per heavy atom. The second-order valence-corrected chi connectivity index (χ2v) is 5.36. The van der Waals surface area contributed by atoms with Gasteiger partial charge in [-0.3, -0.25) is 0 Å². The number of hydrogen-bond donors (Lipinski definition) is 0. The SMILES string of the molecule is Cc1cc(C)n2c(n1)nc(C(C)(C)C)[n+]2C. The Kier molecular flexibility index (Phi) is 2.26. The molecular formula is C12H19N4+. The Bertz CT molecular complexity index is 546. The normalized spacial score (nSPS) is 12.4. The van der Waals surface area contributed by atoms with Crippen molar-refractivity contribution in [2.75, 3.05) is 0 Å². The molecule has 86 valence electrons. The summed E-state index contributed by atoms with van der Waals surface area (Å²) in [6, 6.07) is 2.07. The minimum atomic E-state index is 0.0306. The van der Waals surface area contributed by atoms with Crippen LogP contribution >= 0.6 is 0 Å². The molecule has 0 bridgehead atoms. The Morgan fingerprint density at radius 2 is 1.81 bits per heavy atom. The molecule has 4 nitrogen and oxygen atoms in total. The number of aromatic nitrogens is 4. The maximum atomic E-state index is 4.62. The molecule has 0 atom stereocenters. The summed E-state index contributed by atoms with van der Waals surface area (Å²) in [6.45, 7) is 10.6. The van der Waals surface area contributed by atoms with Gasteiger partial charge in [0.15, 0.2) is 0 Å². The summed E-state index contributed by atoms with van der Waals surface area (Å²) in [5, 5.41) is 0. The van der Waals surface area contributed by atoms with Crippen LogP contribution in [-0.2, 0) is 12.5 Å². The fraction of sp³-hybridized carbons (Fsp3) is 0.583. The van der Waals surface area contributed by atoms with Crippen LogP contribution in [0.5, 0.6) is 0 Å². The zero-order valence-corrected chi connectivity index (χ0v) is 10.9. The summed E-state index contributed by atoms with van der Waals surface area (Å²) in [5.41, 5.74) is 2.20. The molecule has 0 aliphatic rings. The van der Waals surface area contributed by atoms with E-state index in [1.54, 1.807) is 0 Å². The largest absolute Gasteiger partial charge is 0.381 e. The second kappa shape index (κ2) is 3.27. The third-order valence-corrected chi connectivity index (χ3v) is 2.70. The smallest absolute Gasteiger partial charge is 0.192 e. The van der Waals surface area contributed by atoms with Crippen molar-refractivity contribution in [3.05, 3.63) is 23.3 Å². The molecule has 0 saturated heterocycles. The first kappa shape index (κ1) is 11.0. The van der Waals surface area contributed by atoms with Crippen LogP contribution in [0.1, 0.15) is 38.0 Å². The van der Waals surface area contributed by atoms with Crippen molar-refractivity contribution in [1.82, 2.24) is 14.5 Å². The maximum Gasteiger partial charge on any atom is 0.381 e. The highest BCUT2D eigenvalue weighted by molar-refractivity contribution is 5.29. The summed E-state index contributed by atoms with van der Waals surface area (Å²) in [4.78, 5) is 9.08. The predicted molar refractivity (Wildman–Crippen MR) is 62.3 cm³/mol. The van der Waals surface area contributed by atoms with E-state index in [1.807, 2.05) is 18.5 Å².